The Morgan fingerprint density at radius 3 is 2.45 bits per heavy atom. The first-order valence-corrected chi connectivity index (χ1v) is 7.87. The van der Waals surface area contributed by atoms with E-state index in [1.54, 1.807) is 0 Å². The van der Waals surface area contributed by atoms with Crippen molar-refractivity contribution >= 4 is 18.3 Å². The molecule has 3 atom stereocenters. The Morgan fingerprint density at radius 1 is 1.15 bits per heavy atom. The number of carbonyl (C=O) groups excluding carboxylic acids is 1. The van der Waals surface area contributed by atoms with E-state index in [4.69, 9.17) is 5.73 Å². The minimum atomic E-state index is -0.374. The molecular formula is C15H29ClN2O2. The van der Waals surface area contributed by atoms with Gasteiger partial charge in [0.15, 0.2) is 0 Å². The van der Waals surface area contributed by atoms with Crippen LogP contribution < -0.4 is 11.1 Å². The maximum absolute atomic E-state index is 11.9. The van der Waals surface area contributed by atoms with Gasteiger partial charge in [0.05, 0.1) is 6.10 Å². The van der Waals surface area contributed by atoms with Gasteiger partial charge in [0.1, 0.15) is 0 Å². The summed E-state index contributed by atoms with van der Waals surface area (Å²) >= 11 is 0. The Balaban J connectivity index is 0.00000200. The van der Waals surface area contributed by atoms with Crippen LogP contribution in [0.5, 0.6) is 0 Å². The summed E-state index contributed by atoms with van der Waals surface area (Å²) in [6, 6.07) is 0.189. The van der Waals surface area contributed by atoms with E-state index >= 15 is 0 Å². The number of hydrogen-bond donors (Lipinski definition) is 3. The lowest BCUT2D eigenvalue weighted by Gasteiger charge is -2.26. The smallest absolute Gasteiger partial charge is 0.220 e. The molecule has 2 aliphatic carbocycles. The lowest BCUT2D eigenvalue weighted by atomic mass is 9.85. The second kappa shape index (κ2) is 8.85. The number of halogens is 1. The zero-order chi connectivity index (χ0) is 13.7. The van der Waals surface area contributed by atoms with Gasteiger partial charge in [-0.1, -0.05) is 25.7 Å². The lowest BCUT2D eigenvalue weighted by Crippen LogP contribution is -2.38. The molecule has 4 nitrogen and oxygen atoms in total. The Bertz CT molecular complexity index is 296. The molecule has 0 aromatic rings. The number of nitrogens with two attached hydrogens (primary N) is 1. The molecule has 0 heterocycles. The van der Waals surface area contributed by atoms with Crippen molar-refractivity contribution in [2.75, 3.05) is 6.54 Å². The van der Waals surface area contributed by atoms with Gasteiger partial charge in [0.25, 0.3) is 0 Å². The predicted octanol–water partition coefficient (Wildman–Crippen LogP) is 1.98. The van der Waals surface area contributed by atoms with Crippen molar-refractivity contribution < 1.29 is 9.90 Å². The highest BCUT2D eigenvalue weighted by molar-refractivity contribution is 5.85. The van der Waals surface area contributed by atoms with Crippen LogP contribution in [0, 0.1) is 11.8 Å². The highest BCUT2D eigenvalue weighted by atomic mass is 35.5. The lowest BCUT2D eigenvalue weighted by molar-refractivity contribution is -0.122. The second-order valence-corrected chi connectivity index (χ2v) is 6.33. The maximum Gasteiger partial charge on any atom is 0.220 e. The van der Waals surface area contributed by atoms with Crippen LogP contribution in [0.25, 0.3) is 0 Å². The van der Waals surface area contributed by atoms with Gasteiger partial charge >= 0.3 is 0 Å². The van der Waals surface area contributed by atoms with Gasteiger partial charge < -0.3 is 16.2 Å². The van der Waals surface area contributed by atoms with E-state index in [1.807, 2.05) is 0 Å². The van der Waals surface area contributed by atoms with Crippen LogP contribution in [0.1, 0.15) is 57.8 Å². The van der Waals surface area contributed by atoms with Gasteiger partial charge in [0, 0.05) is 19.0 Å². The minimum absolute atomic E-state index is 0. The summed E-state index contributed by atoms with van der Waals surface area (Å²) in [6.45, 7) is 0.408. The SMILES string of the molecule is Cl.N[C@@H]1CCC[C@H]1CC(=O)NCC(O)C1CCCCC1. The van der Waals surface area contributed by atoms with Gasteiger partial charge in [-0.2, -0.15) is 0 Å². The standard InChI is InChI=1S/C15H28N2O2.ClH/c16-13-8-4-7-12(13)9-15(19)17-10-14(18)11-5-2-1-3-6-11;/h11-14,18H,1-10,16H2,(H,17,19);1H/t12-,13+,14?;/m0./s1. The number of aliphatic hydroxyl groups is 1. The quantitative estimate of drug-likeness (QED) is 0.727. The molecule has 2 aliphatic rings. The summed E-state index contributed by atoms with van der Waals surface area (Å²) in [4.78, 5) is 11.9. The molecule has 0 bridgehead atoms. The van der Waals surface area contributed by atoms with Gasteiger partial charge in [-0.3, -0.25) is 4.79 Å². The van der Waals surface area contributed by atoms with E-state index in [9.17, 15) is 9.90 Å². The van der Waals surface area contributed by atoms with Crippen molar-refractivity contribution in [1.82, 2.24) is 5.32 Å². The monoisotopic (exact) mass is 304 g/mol. The molecule has 0 saturated heterocycles. The van der Waals surface area contributed by atoms with Gasteiger partial charge in [-0.05, 0) is 37.5 Å². The van der Waals surface area contributed by atoms with E-state index in [2.05, 4.69) is 5.32 Å². The number of carbonyl (C=O) groups is 1. The molecule has 1 amide bonds. The third-order valence-electron chi connectivity index (χ3n) is 4.87. The average molecular weight is 305 g/mol. The fraction of sp³-hybridized carbons (Fsp3) is 0.933. The van der Waals surface area contributed by atoms with E-state index in [0.29, 0.717) is 24.8 Å². The largest absolute Gasteiger partial charge is 0.391 e. The number of nitrogens with one attached hydrogen (secondary N) is 1. The first kappa shape index (κ1) is 17.7. The zero-order valence-electron chi connectivity index (χ0n) is 12.2. The second-order valence-electron chi connectivity index (χ2n) is 6.33. The molecule has 0 radical (unpaired) electrons. The van der Waals surface area contributed by atoms with Crippen LogP contribution in [0.15, 0.2) is 0 Å². The number of rotatable bonds is 5. The Labute approximate surface area is 128 Å². The topological polar surface area (TPSA) is 75.4 Å². The van der Waals surface area contributed by atoms with Gasteiger partial charge in [-0.15, -0.1) is 12.4 Å². The van der Waals surface area contributed by atoms with Gasteiger partial charge in [-0.25, -0.2) is 0 Å². The summed E-state index contributed by atoms with van der Waals surface area (Å²) in [6.07, 6.45) is 9.33. The molecule has 2 fully saturated rings. The Morgan fingerprint density at radius 2 is 1.85 bits per heavy atom. The highest BCUT2D eigenvalue weighted by Gasteiger charge is 2.27. The average Bonchev–Trinajstić information content (AvgIpc) is 2.82. The maximum atomic E-state index is 11.9. The summed E-state index contributed by atoms with van der Waals surface area (Å²) in [5.74, 6) is 0.770. The number of hydrogen-bond acceptors (Lipinski definition) is 3. The van der Waals surface area contributed by atoms with E-state index in [-0.39, 0.29) is 30.5 Å². The number of amides is 1. The van der Waals surface area contributed by atoms with Crippen LogP contribution in [-0.2, 0) is 4.79 Å². The normalized spacial score (nSPS) is 28.7. The summed E-state index contributed by atoms with van der Waals surface area (Å²) < 4.78 is 0. The third kappa shape index (κ3) is 5.23. The predicted molar refractivity (Wildman–Crippen MR) is 82.8 cm³/mol. The zero-order valence-corrected chi connectivity index (χ0v) is 13.0. The molecule has 0 aromatic carbocycles. The molecule has 0 spiro atoms. The molecule has 20 heavy (non-hydrogen) atoms. The van der Waals surface area contributed by atoms with Crippen molar-refractivity contribution in [2.45, 2.75) is 69.9 Å². The van der Waals surface area contributed by atoms with Crippen molar-refractivity contribution in [3.05, 3.63) is 0 Å². The molecule has 5 heteroatoms. The fourth-order valence-corrected chi connectivity index (χ4v) is 3.53. The molecule has 2 rings (SSSR count). The Hall–Kier alpha value is -0.320. The first-order chi connectivity index (χ1) is 9.16. The van der Waals surface area contributed by atoms with Crippen LogP contribution in [-0.4, -0.2) is 29.7 Å². The fourth-order valence-electron chi connectivity index (χ4n) is 3.53. The third-order valence-corrected chi connectivity index (χ3v) is 4.87. The summed E-state index contributed by atoms with van der Waals surface area (Å²) in [7, 11) is 0. The first-order valence-electron chi connectivity index (χ1n) is 7.87. The van der Waals surface area contributed by atoms with Crippen molar-refractivity contribution in [3.63, 3.8) is 0 Å². The van der Waals surface area contributed by atoms with Gasteiger partial charge in [0.2, 0.25) is 5.91 Å². The van der Waals surface area contributed by atoms with Crippen molar-refractivity contribution in [2.24, 2.45) is 17.6 Å². The molecular weight excluding hydrogens is 276 g/mol. The van der Waals surface area contributed by atoms with Crippen LogP contribution in [0.4, 0.5) is 0 Å². The number of aliphatic hydroxyl groups excluding tert-OH is 1. The molecule has 4 N–H and O–H groups in total. The summed E-state index contributed by atoms with van der Waals surface area (Å²) in [5.41, 5.74) is 5.97. The molecule has 0 aromatic heterocycles. The van der Waals surface area contributed by atoms with E-state index < -0.39 is 0 Å². The van der Waals surface area contributed by atoms with Crippen LogP contribution in [0.3, 0.4) is 0 Å². The van der Waals surface area contributed by atoms with Crippen LogP contribution in [0.2, 0.25) is 0 Å². The molecule has 2 saturated carbocycles. The highest BCUT2D eigenvalue weighted by Crippen LogP contribution is 2.27. The van der Waals surface area contributed by atoms with Crippen LogP contribution >= 0.6 is 12.4 Å². The van der Waals surface area contributed by atoms with E-state index in [0.717, 1.165) is 32.1 Å². The van der Waals surface area contributed by atoms with Crippen molar-refractivity contribution in [1.29, 1.82) is 0 Å². The molecule has 118 valence electrons. The Kier molecular flexibility index (Phi) is 7.85. The molecule has 0 aliphatic heterocycles. The molecule has 1 unspecified atom stereocenters. The minimum Gasteiger partial charge on any atom is -0.391 e. The van der Waals surface area contributed by atoms with Crippen molar-refractivity contribution in [3.8, 4) is 0 Å². The summed E-state index contributed by atoms with van der Waals surface area (Å²) in [5, 5.41) is 13.0. The van der Waals surface area contributed by atoms with E-state index in [1.165, 1.54) is 19.3 Å².